The van der Waals surface area contributed by atoms with Crippen molar-refractivity contribution in [1.82, 2.24) is 0 Å². The van der Waals surface area contributed by atoms with Crippen molar-refractivity contribution in [3.8, 4) is 0 Å². The van der Waals surface area contributed by atoms with Crippen LogP contribution in [-0.4, -0.2) is 19.0 Å². The predicted octanol–water partition coefficient (Wildman–Crippen LogP) is 1.79. The highest BCUT2D eigenvalue weighted by atomic mass is 19.1. The van der Waals surface area contributed by atoms with Gasteiger partial charge in [-0.25, -0.2) is 4.39 Å². The van der Waals surface area contributed by atoms with Crippen molar-refractivity contribution in [2.75, 3.05) is 18.9 Å². The second-order valence-electron chi connectivity index (χ2n) is 4.53. The van der Waals surface area contributed by atoms with E-state index in [1.165, 1.54) is 6.07 Å². The van der Waals surface area contributed by atoms with Crippen molar-refractivity contribution in [2.24, 2.45) is 10.7 Å². The normalized spacial score (nSPS) is 24.4. The van der Waals surface area contributed by atoms with Crippen molar-refractivity contribution in [1.29, 1.82) is 0 Å². The molecule has 2 rings (SSSR count). The van der Waals surface area contributed by atoms with Crippen molar-refractivity contribution in [2.45, 2.75) is 25.3 Å². The van der Waals surface area contributed by atoms with Gasteiger partial charge in [0.2, 0.25) is 0 Å². The van der Waals surface area contributed by atoms with Gasteiger partial charge >= 0.3 is 0 Å². The summed E-state index contributed by atoms with van der Waals surface area (Å²) in [5.41, 5.74) is 11.9. The van der Waals surface area contributed by atoms with Gasteiger partial charge in [-0.2, -0.15) is 0 Å². The third-order valence-electron chi connectivity index (χ3n) is 3.34. The number of ether oxygens (including phenoxy) is 1. The summed E-state index contributed by atoms with van der Waals surface area (Å²) in [6, 6.07) is 4.56. The lowest BCUT2D eigenvalue weighted by atomic mass is 9.84. The van der Waals surface area contributed by atoms with Crippen LogP contribution in [0.15, 0.2) is 23.2 Å². The lowest BCUT2D eigenvalue weighted by molar-refractivity contribution is 0.154. The number of nitrogens with zero attached hydrogens (tertiary/aromatic N) is 1. The first-order valence-electron chi connectivity index (χ1n) is 6.05. The van der Waals surface area contributed by atoms with Crippen LogP contribution >= 0.6 is 0 Å². The van der Waals surface area contributed by atoms with Crippen LogP contribution in [0.1, 0.15) is 25.3 Å². The van der Waals surface area contributed by atoms with Crippen molar-refractivity contribution in [3.63, 3.8) is 0 Å². The molecule has 0 saturated carbocycles. The highest BCUT2D eigenvalue weighted by Crippen LogP contribution is 2.37. The fraction of sp³-hybridized carbons (Fsp3) is 0.462. The summed E-state index contributed by atoms with van der Waals surface area (Å²) in [5, 5.41) is 0. The minimum atomic E-state index is -0.667. The Labute approximate surface area is 106 Å². The Morgan fingerprint density at radius 2 is 2.22 bits per heavy atom. The molecule has 0 aromatic heterocycles. The van der Waals surface area contributed by atoms with E-state index < -0.39 is 5.54 Å². The maximum atomic E-state index is 14.0. The molecule has 0 saturated heterocycles. The van der Waals surface area contributed by atoms with Crippen molar-refractivity contribution >= 4 is 11.5 Å². The average molecular weight is 251 g/mol. The molecule has 1 aromatic carbocycles. The zero-order valence-electron chi connectivity index (χ0n) is 10.4. The molecular weight excluding hydrogens is 233 g/mol. The van der Waals surface area contributed by atoms with Gasteiger partial charge in [-0.1, -0.05) is 6.92 Å². The maximum absolute atomic E-state index is 14.0. The number of nitrogen functional groups attached to an aromatic ring is 1. The van der Waals surface area contributed by atoms with Gasteiger partial charge < -0.3 is 16.2 Å². The van der Waals surface area contributed by atoms with Gasteiger partial charge in [0.25, 0.3) is 0 Å². The number of hydrogen-bond donors (Lipinski definition) is 2. The third-order valence-corrected chi connectivity index (χ3v) is 3.34. The topological polar surface area (TPSA) is 73.6 Å². The van der Waals surface area contributed by atoms with Gasteiger partial charge in [0, 0.05) is 24.3 Å². The molecule has 0 fully saturated rings. The summed E-state index contributed by atoms with van der Waals surface area (Å²) in [6.07, 6.45) is 1.25. The number of benzene rings is 1. The molecule has 4 nitrogen and oxygen atoms in total. The minimum absolute atomic E-state index is 0.297. The molecule has 1 aliphatic heterocycles. The average Bonchev–Trinajstić information content (AvgIpc) is 2.55. The summed E-state index contributed by atoms with van der Waals surface area (Å²) >= 11 is 0. The Kier molecular flexibility index (Phi) is 3.52. The quantitative estimate of drug-likeness (QED) is 0.787. The van der Waals surface area contributed by atoms with Crippen LogP contribution in [0.4, 0.5) is 10.1 Å². The second kappa shape index (κ2) is 4.94. The van der Waals surface area contributed by atoms with E-state index >= 15 is 0 Å². The monoisotopic (exact) mass is 251 g/mol. The summed E-state index contributed by atoms with van der Waals surface area (Å²) in [7, 11) is 0. The molecule has 0 bridgehead atoms. The second-order valence-corrected chi connectivity index (χ2v) is 4.53. The number of rotatable bonds is 2. The smallest absolute Gasteiger partial charge is 0.128 e. The number of anilines is 1. The zero-order chi connectivity index (χ0) is 13.2. The van der Waals surface area contributed by atoms with Crippen LogP contribution in [0.2, 0.25) is 0 Å². The largest absolute Gasteiger partial charge is 0.399 e. The number of nitrogens with two attached hydrogens (primary N) is 2. The SMILES string of the molecule is CCC1(c2cc(N)ccc2F)CCOCC(N)=N1. The van der Waals surface area contributed by atoms with Crippen LogP contribution < -0.4 is 11.5 Å². The van der Waals surface area contributed by atoms with Crippen LogP contribution in [0.5, 0.6) is 0 Å². The number of aliphatic imine (C=N–C) groups is 1. The van der Waals surface area contributed by atoms with Crippen molar-refractivity contribution in [3.05, 3.63) is 29.6 Å². The van der Waals surface area contributed by atoms with E-state index in [4.69, 9.17) is 16.2 Å². The van der Waals surface area contributed by atoms with E-state index in [2.05, 4.69) is 4.99 Å². The molecule has 1 atom stereocenters. The molecular formula is C13H18FN3O. The van der Waals surface area contributed by atoms with Crippen molar-refractivity contribution < 1.29 is 9.13 Å². The third kappa shape index (κ3) is 2.31. The van der Waals surface area contributed by atoms with Gasteiger partial charge in [0.1, 0.15) is 18.3 Å². The minimum Gasteiger partial charge on any atom is -0.399 e. The molecule has 0 radical (unpaired) electrons. The summed E-state index contributed by atoms with van der Waals surface area (Å²) < 4.78 is 19.4. The van der Waals surface area contributed by atoms with Crippen LogP contribution in [0, 0.1) is 5.82 Å². The molecule has 1 aliphatic rings. The molecule has 5 heteroatoms. The molecule has 1 aromatic rings. The molecule has 4 N–H and O–H groups in total. The molecule has 98 valence electrons. The Morgan fingerprint density at radius 1 is 1.44 bits per heavy atom. The lowest BCUT2D eigenvalue weighted by Crippen LogP contribution is -2.28. The maximum Gasteiger partial charge on any atom is 0.128 e. The lowest BCUT2D eigenvalue weighted by Gasteiger charge is -2.28. The Balaban J connectivity index is 2.54. The van der Waals surface area contributed by atoms with Gasteiger partial charge in [-0.15, -0.1) is 0 Å². The molecule has 1 heterocycles. The highest BCUT2D eigenvalue weighted by Gasteiger charge is 2.34. The molecule has 18 heavy (non-hydrogen) atoms. The number of hydrogen-bond acceptors (Lipinski definition) is 4. The molecule has 0 aliphatic carbocycles. The van der Waals surface area contributed by atoms with E-state index in [1.807, 2.05) is 6.92 Å². The molecule has 1 unspecified atom stereocenters. The standard InChI is InChI=1S/C13H18FN3O/c1-2-13(5-6-18-8-12(16)17-13)10-7-9(15)3-4-11(10)14/h3-4,7H,2,5-6,8,15H2,1H3,(H2,16,17). The van der Waals surface area contributed by atoms with Gasteiger partial charge in [0.15, 0.2) is 0 Å². The van der Waals surface area contributed by atoms with E-state index in [9.17, 15) is 4.39 Å². The number of amidine groups is 1. The Morgan fingerprint density at radius 3 is 2.94 bits per heavy atom. The van der Waals surface area contributed by atoms with Crippen LogP contribution in [-0.2, 0) is 10.3 Å². The number of halogens is 1. The van der Waals surface area contributed by atoms with Crippen LogP contribution in [0.25, 0.3) is 0 Å². The van der Waals surface area contributed by atoms with Gasteiger partial charge in [-0.3, -0.25) is 4.99 Å². The first-order valence-corrected chi connectivity index (χ1v) is 6.05. The van der Waals surface area contributed by atoms with Gasteiger partial charge in [-0.05, 0) is 24.6 Å². The van der Waals surface area contributed by atoms with E-state index in [1.54, 1.807) is 12.1 Å². The Bertz CT molecular complexity index is 475. The highest BCUT2D eigenvalue weighted by molar-refractivity contribution is 5.82. The summed E-state index contributed by atoms with van der Waals surface area (Å²) in [6.45, 7) is 2.77. The fourth-order valence-corrected chi connectivity index (χ4v) is 2.32. The molecule has 0 amide bonds. The summed E-state index contributed by atoms with van der Waals surface area (Å²) in [4.78, 5) is 4.47. The fourth-order valence-electron chi connectivity index (χ4n) is 2.32. The first-order chi connectivity index (χ1) is 8.57. The Hall–Kier alpha value is -1.62. The van der Waals surface area contributed by atoms with Crippen LogP contribution in [0.3, 0.4) is 0 Å². The summed E-state index contributed by atoms with van der Waals surface area (Å²) in [5.74, 6) is 0.0978. The van der Waals surface area contributed by atoms with E-state index in [0.717, 1.165) is 0 Å². The predicted molar refractivity (Wildman–Crippen MR) is 69.8 cm³/mol. The van der Waals surface area contributed by atoms with E-state index in [-0.39, 0.29) is 5.82 Å². The van der Waals surface area contributed by atoms with Gasteiger partial charge in [0.05, 0.1) is 5.54 Å². The zero-order valence-corrected chi connectivity index (χ0v) is 10.4. The first kappa shape index (κ1) is 12.8. The van der Waals surface area contributed by atoms with E-state index in [0.29, 0.717) is 43.1 Å². The molecule has 0 spiro atoms.